The molecule has 0 spiro atoms. The number of carbonyl (C=O) groups is 4. The molecule has 0 unspecified atom stereocenters. The second-order valence-electron chi connectivity index (χ2n) is 5.14. The van der Waals surface area contributed by atoms with Crippen molar-refractivity contribution in [3.05, 3.63) is 30.1 Å². The van der Waals surface area contributed by atoms with Gasteiger partial charge in [-0.2, -0.15) is 0 Å². The Hall–Kier alpha value is -2.42. The minimum atomic E-state index is -1.24. The predicted octanol–water partition coefficient (Wildman–Crippen LogP) is 0.780. The molecule has 1 aliphatic heterocycles. The number of halogens is 1. The van der Waals surface area contributed by atoms with E-state index in [0.29, 0.717) is 0 Å². The first kappa shape index (κ1) is 17.9. The highest BCUT2D eigenvalue weighted by atomic mass is 32.2. The molecular weight excluding hydrogens is 339 g/mol. The average Bonchev–Trinajstić information content (AvgIpc) is 2.78. The third kappa shape index (κ3) is 3.91. The smallest absolute Gasteiger partial charge is 0.327 e. The third-order valence-corrected chi connectivity index (χ3v) is 4.63. The molecule has 0 saturated carbocycles. The van der Waals surface area contributed by atoms with Crippen LogP contribution in [-0.2, 0) is 19.2 Å². The van der Waals surface area contributed by atoms with E-state index in [1.54, 1.807) is 0 Å². The van der Waals surface area contributed by atoms with E-state index < -0.39 is 40.8 Å². The highest BCUT2D eigenvalue weighted by Crippen LogP contribution is 2.31. The number of para-hydroxylation sites is 1. The molecule has 2 atom stereocenters. The lowest BCUT2D eigenvalue weighted by Crippen LogP contribution is -2.42. The minimum Gasteiger partial charge on any atom is -0.480 e. The van der Waals surface area contributed by atoms with E-state index in [4.69, 9.17) is 5.11 Å². The van der Waals surface area contributed by atoms with Gasteiger partial charge >= 0.3 is 5.97 Å². The first-order valence-electron chi connectivity index (χ1n) is 7.04. The van der Waals surface area contributed by atoms with Gasteiger partial charge in [-0.05, 0) is 12.1 Å². The van der Waals surface area contributed by atoms with Crippen LogP contribution in [0.4, 0.5) is 10.1 Å². The van der Waals surface area contributed by atoms with Crippen molar-refractivity contribution in [2.75, 3.05) is 10.7 Å². The number of amides is 3. The van der Waals surface area contributed by atoms with Gasteiger partial charge in [0.25, 0.3) is 0 Å². The molecule has 1 aromatic rings. The maximum atomic E-state index is 13.8. The van der Waals surface area contributed by atoms with Crippen LogP contribution in [0.25, 0.3) is 0 Å². The number of nitrogens with one attached hydrogen (secondary N) is 1. The average molecular weight is 354 g/mol. The number of anilines is 1. The number of rotatable bonds is 6. The fourth-order valence-corrected chi connectivity index (χ4v) is 3.41. The fourth-order valence-electron chi connectivity index (χ4n) is 2.25. The van der Waals surface area contributed by atoms with E-state index in [1.807, 2.05) is 0 Å². The van der Waals surface area contributed by atoms with Crippen LogP contribution in [-0.4, -0.2) is 45.8 Å². The first-order chi connectivity index (χ1) is 11.3. The fraction of sp³-hybridized carbons (Fsp3) is 0.333. The number of hydrogen-bond acceptors (Lipinski definition) is 5. The molecule has 3 amide bonds. The number of imide groups is 1. The van der Waals surface area contributed by atoms with E-state index in [1.165, 1.54) is 25.1 Å². The van der Waals surface area contributed by atoms with Crippen LogP contribution in [0, 0.1) is 5.82 Å². The van der Waals surface area contributed by atoms with Gasteiger partial charge < -0.3 is 10.4 Å². The summed E-state index contributed by atoms with van der Waals surface area (Å²) in [5, 5.41) is 10.5. The Morgan fingerprint density at radius 1 is 1.42 bits per heavy atom. The van der Waals surface area contributed by atoms with Crippen molar-refractivity contribution < 1.29 is 28.7 Å². The molecule has 1 aromatic carbocycles. The third-order valence-electron chi connectivity index (χ3n) is 3.34. The molecule has 0 radical (unpaired) electrons. The molecule has 24 heavy (non-hydrogen) atoms. The summed E-state index contributed by atoms with van der Waals surface area (Å²) in [6.45, 7) is 1.19. The monoisotopic (exact) mass is 354 g/mol. The van der Waals surface area contributed by atoms with Crippen molar-refractivity contribution in [1.29, 1.82) is 0 Å². The Labute approximate surface area is 141 Å². The van der Waals surface area contributed by atoms with Crippen LogP contribution >= 0.6 is 11.8 Å². The second-order valence-corrected chi connectivity index (χ2v) is 6.37. The number of carboxylic acids is 1. The molecule has 1 aliphatic rings. The summed E-state index contributed by atoms with van der Waals surface area (Å²) in [4.78, 5) is 47.2. The van der Waals surface area contributed by atoms with Gasteiger partial charge in [0.2, 0.25) is 17.7 Å². The molecule has 1 heterocycles. The normalized spacial score (nSPS) is 18.6. The van der Waals surface area contributed by atoms with Crippen molar-refractivity contribution >= 4 is 41.1 Å². The van der Waals surface area contributed by atoms with Crippen molar-refractivity contribution in [3.63, 3.8) is 0 Å². The zero-order valence-electron chi connectivity index (χ0n) is 12.7. The molecule has 7 nitrogen and oxygen atoms in total. The van der Waals surface area contributed by atoms with Crippen LogP contribution in [0.3, 0.4) is 0 Å². The summed E-state index contributed by atoms with van der Waals surface area (Å²) in [5.74, 6) is -3.66. The number of benzene rings is 1. The van der Waals surface area contributed by atoms with Gasteiger partial charge in [0, 0.05) is 19.1 Å². The summed E-state index contributed by atoms with van der Waals surface area (Å²) in [5.41, 5.74) is -0.118. The van der Waals surface area contributed by atoms with Gasteiger partial charge in [-0.15, -0.1) is 11.8 Å². The minimum absolute atomic E-state index is 0.0797. The quantitative estimate of drug-likeness (QED) is 0.732. The maximum Gasteiger partial charge on any atom is 0.327 e. The molecule has 0 bridgehead atoms. The highest BCUT2D eigenvalue weighted by molar-refractivity contribution is 8.00. The first-order valence-corrected chi connectivity index (χ1v) is 8.09. The number of carboxylic acid groups (broad SMARTS) is 1. The molecule has 0 aromatic heterocycles. The van der Waals surface area contributed by atoms with Crippen LogP contribution in [0.15, 0.2) is 24.3 Å². The number of thioether (sulfide) groups is 1. The Bertz CT molecular complexity index is 696. The van der Waals surface area contributed by atoms with E-state index in [0.717, 1.165) is 22.7 Å². The summed E-state index contributed by atoms with van der Waals surface area (Å²) < 4.78 is 13.8. The number of nitrogens with zero attached hydrogens (tertiary/aromatic N) is 1. The SMILES string of the molecule is CC(=O)N[C@H](CS[C@@H]1CC(=O)N(c2ccccc2F)C1=O)C(=O)O. The lowest BCUT2D eigenvalue weighted by Gasteiger charge is -2.17. The Kier molecular flexibility index (Phi) is 5.55. The Morgan fingerprint density at radius 2 is 2.08 bits per heavy atom. The molecule has 128 valence electrons. The van der Waals surface area contributed by atoms with E-state index in [2.05, 4.69) is 5.32 Å². The molecular formula is C15H15FN2O5S. The molecule has 1 fully saturated rings. The van der Waals surface area contributed by atoms with Crippen molar-refractivity contribution in [3.8, 4) is 0 Å². The van der Waals surface area contributed by atoms with Gasteiger partial charge in [0.1, 0.15) is 11.9 Å². The van der Waals surface area contributed by atoms with Gasteiger partial charge in [-0.25, -0.2) is 14.1 Å². The zero-order chi connectivity index (χ0) is 17.9. The van der Waals surface area contributed by atoms with Gasteiger partial charge in [-0.3, -0.25) is 14.4 Å². The van der Waals surface area contributed by atoms with E-state index >= 15 is 0 Å². The largest absolute Gasteiger partial charge is 0.480 e. The summed E-state index contributed by atoms with van der Waals surface area (Å²) in [7, 11) is 0. The van der Waals surface area contributed by atoms with Gasteiger partial charge in [0.15, 0.2) is 0 Å². The number of aliphatic carboxylic acids is 1. The standard InChI is InChI=1S/C15H15FN2O5S/c1-8(19)17-10(15(22)23)7-24-12-6-13(20)18(14(12)21)11-5-3-2-4-9(11)16/h2-5,10,12H,6-7H2,1H3,(H,17,19)(H,22,23)/t10-,12-/m1/s1. The molecule has 1 saturated heterocycles. The van der Waals surface area contributed by atoms with Crippen LogP contribution in [0.1, 0.15) is 13.3 Å². The molecule has 9 heteroatoms. The number of hydrogen-bond donors (Lipinski definition) is 2. The topological polar surface area (TPSA) is 104 Å². The zero-order valence-corrected chi connectivity index (χ0v) is 13.5. The molecule has 0 aliphatic carbocycles. The van der Waals surface area contributed by atoms with Crippen molar-refractivity contribution in [1.82, 2.24) is 5.32 Å². The van der Waals surface area contributed by atoms with Gasteiger partial charge in [0.05, 0.1) is 10.9 Å². The Morgan fingerprint density at radius 3 is 2.67 bits per heavy atom. The van der Waals surface area contributed by atoms with Gasteiger partial charge in [-0.1, -0.05) is 12.1 Å². The lowest BCUT2D eigenvalue weighted by molar-refractivity contribution is -0.140. The van der Waals surface area contributed by atoms with Crippen molar-refractivity contribution in [2.45, 2.75) is 24.6 Å². The van der Waals surface area contributed by atoms with Crippen LogP contribution < -0.4 is 10.2 Å². The lowest BCUT2D eigenvalue weighted by atomic mass is 10.3. The number of carbonyl (C=O) groups excluding carboxylic acids is 3. The van der Waals surface area contributed by atoms with Crippen molar-refractivity contribution in [2.24, 2.45) is 0 Å². The molecule has 2 N–H and O–H groups in total. The predicted molar refractivity (Wildman–Crippen MR) is 85.0 cm³/mol. The highest BCUT2D eigenvalue weighted by Gasteiger charge is 2.41. The summed E-state index contributed by atoms with van der Waals surface area (Å²) in [6, 6.07) is 4.26. The maximum absolute atomic E-state index is 13.8. The van der Waals surface area contributed by atoms with E-state index in [9.17, 15) is 23.6 Å². The van der Waals surface area contributed by atoms with Crippen LogP contribution in [0.2, 0.25) is 0 Å². The second kappa shape index (κ2) is 7.43. The molecule has 2 rings (SSSR count). The Balaban J connectivity index is 2.07. The van der Waals surface area contributed by atoms with Crippen LogP contribution in [0.5, 0.6) is 0 Å². The van der Waals surface area contributed by atoms with E-state index in [-0.39, 0.29) is 17.9 Å². The summed E-state index contributed by atoms with van der Waals surface area (Å²) >= 11 is 0.949. The summed E-state index contributed by atoms with van der Waals surface area (Å²) in [6.07, 6.45) is -0.149.